The molecule has 0 saturated carbocycles. The first-order valence-electron chi connectivity index (χ1n) is 10.1. The molecule has 0 radical (unpaired) electrons. The van der Waals surface area contributed by atoms with E-state index in [1.54, 1.807) is 37.3 Å². The van der Waals surface area contributed by atoms with Crippen LogP contribution in [0.1, 0.15) is 27.7 Å². The van der Waals surface area contributed by atoms with E-state index in [0.29, 0.717) is 34.0 Å². The number of fused-ring (bicyclic) bond motifs is 1. The quantitative estimate of drug-likeness (QED) is 0.486. The Balaban J connectivity index is 1.75. The number of amides is 1. The van der Waals surface area contributed by atoms with Crippen molar-refractivity contribution in [2.75, 3.05) is 19.1 Å². The van der Waals surface area contributed by atoms with Crippen molar-refractivity contribution >= 4 is 11.6 Å². The molecule has 0 bridgehead atoms. The van der Waals surface area contributed by atoms with Gasteiger partial charge < -0.3 is 9.47 Å². The minimum Gasteiger partial charge on any atom is -0.497 e. The fourth-order valence-corrected chi connectivity index (χ4v) is 4.17. The average molecular weight is 429 g/mol. The van der Waals surface area contributed by atoms with Gasteiger partial charge in [-0.2, -0.15) is 5.10 Å². The van der Waals surface area contributed by atoms with Gasteiger partial charge >= 0.3 is 0 Å². The number of aromatic amines is 1. The molecule has 2 heterocycles. The first kappa shape index (κ1) is 19.8. The second kappa shape index (κ2) is 7.85. The van der Waals surface area contributed by atoms with Gasteiger partial charge in [0.05, 0.1) is 26.0 Å². The van der Waals surface area contributed by atoms with E-state index in [9.17, 15) is 9.18 Å². The summed E-state index contributed by atoms with van der Waals surface area (Å²) in [7, 11) is 3.17. The molecule has 3 aromatic carbocycles. The Bertz CT molecular complexity index is 1290. The van der Waals surface area contributed by atoms with Crippen molar-refractivity contribution in [2.24, 2.45) is 0 Å². The van der Waals surface area contributed by atoms with Crippen molar-refractivity contribution in [2.45, 2.75) is 6.04 Å². The molecule has 1 amide bonds. The number of hydrogen-bond acceptors (Lipinski definition) is 4. The van der Waals surface area contributed by atoms with Gasteiger partial charge in [0.2, 0.25) is 0 Å². The van der Waals surface area contributed by atoms with Gasteiger partial charge in [-0.05, 0) is 48.5 Å². The number of aromatic nitrogens is 2. The Kier molecular flexibility index (Phi) is 4.86. The van der Waals surface area contributed by atoms with Crippen LogP contribution in [0.4, 0.5) is 10.1 Å². The lowest BCUT2D eigenvalue weighted by atomic mass is 9.95. The lowest BCUT2D eigenvalue weighted by Gasteiger charge is -2.27. The summed E-state index contributed by atoms with van der Waals surface area (Å²) in [5.74, 6) is 0.695. The van der Waals surface area contributed by atoms with Gasteiger partial charge in [0.15, 0.2) is 0 Å². The maximum Gasteiger partial charge on any atom is 0.277 e. The summed E-state index contributed by atoms with van der Waals surface area (Å²) in [6, 6.07) is 20.5. The minimum absolute atomic E-state index is 0.199. The summed E-state index contributed by atoms with van der Waals surface area (Å²) in [6.07, 6.45) is 0. The topological polar surface area (TPSA) is 67.5 Å². The summed E-state index contributed by atoms with van der Waals surface area (Å²) in [5, 5.41) is 7.33. The van der Waals surface area contributed by atoms with Crippen molar-refractivity contribution in [3.8, 4) is 22.8 Å². The van der Waals surface area contributed by atoms with Crippen LogP contribution in [0.25, 0.3) is 11.3 Å². The molecule has 32 heavy (non-hydrogen) atoms. The normalized spacial score (nSPS) is 15.0. The monoisotopic (exact) mass is 429 g/mol. The molecule has 4 aromatic rings. The highest BCUT2D eigenvalue weighted by Gasteiger charge is 2.44. The van der Waals surface area contributed by atoms with Gasteiger partial charge in [0.1, 0.15) is 23.0 Å². The molecule has 0 fully saturated rings. The zero-order valence-electron chi connectivity index (χ0n) is 17.5. The summed E-state index contributed by atoms with van der Waals surface area (Å²) in [5.41, 5.74) is 3.95. The Morgan fingerprint density at radius 2 is 1.72 bits per heavy atom. The molecule has 7 heteroatoms. The van der Waals surface area contributed by atoms with E-state index in [-0.39, 0.29) is 11.7 Å². The zero-order chi connectivity index (χ0) is 22.2. The van der Waals surface area contributed by atoms with Crippen LogP contribution >= 0.6 is 0 Å². The van der Waals surface area contributed by atoms with Crippen molar-refractivity contribution in [3.63, 3.8) is 0 Å². The minimum atomic E-state index is -0.500. The Morgan fingerprint density at radius 3 is 2.41 bits per heavy atom. The molecular weight excluding hydrogens is 409 g/mol. The van der Waals surface area contributed by atoms with Crippen LogP contribution in [0, 0.1) is 5.82 Å². The van der Waals surface area contributed by atoms with Crippen LogP contribution in [-0.4, -0.2) is 30.3 Å². The smallest absolute Gasteiger partial charge is 0.277 e. The van der Waals surface area contributed by atoms with E-state index < -0.39 is 6.04 Å². The maximum absolute atomic E-state index is 13.5. The molecule has 160 valence electrons. The number of nitrogens with one attached hydrogen (secondary N) is 1. The van der Waals surface area contributed by atoms with E-state index in [1.807, 2.05) is 42.5 Å². The molecule has 1 aromatic heterocycles. The highest BCUT2D eigenvalue weighted by Crippen LogP contribution is 2.47. The zero-order valence-corrected chi connectivity index (χ0v) is 17.5. The Hall–Kier alpha value is -4.13. The lowest BCUT2D eigenvalue weighted by molar-refractivity contribution is 0.0988. The molecule has 1 N–H and O–H groups in total. The van der Waals surface area contributed by atoms with Gasteiger partial charge in [-0.1, -0.05) is 18.2 Å². The molecule has 1 atom stereocenters. The Labute approximate surface area is 184 Å². The molecule has 0 aliphatic carbocycles. The molecular formula is C25H20FN3O3. The fourth-order valence-electron chi connectivity index (χ4n) is 4.17. The SMILES string of the molecule is COc1ccc([C@@H]2c3c(-c4ccc(F)cc4)n[nH]c3C(=O)N2c2ccccc2)c(OC)c1. The predicted octanol–water partition coefficient (Wildman–Crippen LogP) is 4.98. The van der Waals surface area contributed by atoms with Crippen LogP contribution in [0.5, 0.6) is 11.5 Å². The number of para-hydroxylation sites is 1. The highest BCUT2D eigenvalue weighted by molar-refractivity contribution is 6.11. The van der Waals surface area contributed by atoms with Crippen LogP contribution in [-0.2, 0) is 0 Å². The van der Waals surface area contributed by atoms with Crippen molar-refractivity contribution in [1.29, 1.82) is 0 Å². The van der Waals surface area contributed by atoms with Crippen molar-refractivity contribution in [3.05, 3.63) is 95.4 Å². The molecule has 0 unspecified atom stereocenters. The largest absolute Gasteiger partial charge is 0.497 e. The molecule has 0 spiro atoms. The van der Waals surface area contributed by atoms with Gasteiger partial charge in [0.25, 0.3) is 5.91 Å². The number of methoxy groups -OCH3 is 2. The van der Waals surface area contributed by atoms with Gasteiger partial charge in [-0.3, -0.25) is 14.8 Å². The summed E-state index contributed by atoms with van der Waals surface area (Å²) in [6.45, 7) is 0. The summed E-state index contributed by atoms with van der Waals surface area (Å²) < 4.78 is 24.6. The van der Waals surface area contributed by atoms with E-state index in [2.05, 4.69) is 10.2 Å². The number of hydrogen-bond donors (Lipinski definition) is 1. The average Bonchev–Trinajstić information content (AvgIpc) is 3.38. The first-order chi connectivity index (χ1) is 15.6. The van der Waals surface area contributed by atoms with Crippen molar-refractivity contribution < 1.29 is 18.7 Å². The van der Waals surface area contributed by atoms with Crippen molar-refractivity contribution in [1.82, 2.24) is 10.2 Å². The highest BCUT2D eigenvalue weighted by atomic mass is 19.1. The predicted molar refractivity (Wildman–Crippen MR) is 119 cm³/mol. The van der Waals surface area contributed by atoms with Crippen LogP contribution in [0.2, 0.25) is 0 Å². The van der Waals surface area contributed by atoms with Gasteiger partial charge in [-0.25, -0.2) is 4.39 Å². The maximum atomic E-state index is 13.5. The fraction of sp³-hybridized carbons (Fsp3) is 0.120. The second-order valence-corrected chi connectivity index (χ2v) is 7.39. The molecule has 6 nitrogen and oxygen atoms in total. The summed E-state index contributed by atoms with van der Waals surface area (Å²) >= 11 is 0. The number of nitrogens with zero attached hydrogens (tertiary/aromatic N) is 2. The van der Waals surface area contributed by atoms with E-state index in [4.69, 9.17) is 9.47 Å². The number of benzene rings is 3. The standard InChI is InChI=1S/C25H20FN3O3/c1-31-18-12-13-19(20(14-18)32-2)24-21-22(15-8-10-16(26)11-9-15)27-28-23(21)25(30)29(24)17-6-4-3-5-7-17/h3-14,24H,1-2H3,(H,27,28)/t24-/m1/s1. The number of anilines is 1. The van der Waals surface area contributed by atoms with Gasteiger partial charge in [0, 0.05) is 28.4 Å². The first-order valence-corrected chi connectivity index (χ1v) is 10.1. The second-order valence-electron chi connectivity index (χ2n) is 7.39. The molecule has 5 rings (SSSR count). The lowest BCUT2D eigenvalue weighted by Crippen LogP contribution is -2.29. The number of halogens is 1. The molecule has 0 saturated heterocycles. The summed E-state index contributed by atoms with van der Waals surface area (Å²) in [4.78, 5) is 15.3. The number of carbonyl (C=O) groups is 1. The third kappa shape index (κ3) is 3.10. The molecule has 1 aliphatic heterocycles. The van der Waals surface area contributed by atoms with E-state index in [0.717, 1.165) is 11.3 Å². The Morgan fingerprint density at radius 1 is 0.969 bits per heavy atom. The van der Waals surface area contributed by atoms with E-state index in [1.165, 1.54) is 12.1 Å². The van der Waals surface area contributed by atoms with Crippen LogP contribution in [0.15, 0.2) is 72.8 Å². The third-order valence-electron chi connectivity index (χ3n) is 5.66. The number of H-pyrrole nitrogens is 1. The number of carbonyl (C=O) groups excluding carboxylic acids is 1. The third-order valence-corrected chi connectivity index (χ3v) is 5.66. The molecule has 1 aliphatic rings. The van der Waals surface area contributed by atoms with E-state index >= 15 is 0 Å². The number of rotatable bonds is 5. The number of ether oxygens (including phenoxy) is 2. The van der Waals surface area contributed by atoms with Gasteiger partial charge in [-0.15, -0.1) is 0 Å². The van der Waals surface area contributed by atoms with Crippen LogP contribution in [0.3, 0.4) is 0 Å². The van der Waals surface area contributed by atoms with Crippen LogP contribution < -0.4 is 14.4 Å².